The topological polar surface area (TPSA) is 40.1 Å². The van der Waals surface area contributed by atoms with Gasteiger partial charge in [0.25, 0.3) is 0 Å². The zero-order chi connectivity index (χ0) is 13.3. The molecule has 1 unspecified atom stereocenters. The Hall–Kier alpha value is 0.560. The maximum Gasteiger partial charge on any atom is 1.00 e. The van der Waals surface area contributed by atoms with Crippen molar-refractivity contribution in [3.8, 4) is 0 Å². The number of carboxylic acids is 1. The van der Waals surface area contributed by atoms with Crippen LogP contribution >= 0.6 is 12.6 Å². The summed E-state index contributed by atoms with van der Waals surface area (Å²) in [6.07, 6.45) is 9.69. The Balaban J connectivity index is 0. The van der Waals surface area contributed by atoms with E-state index in [1.807, 2.05) is 13.8 Å². The number of aliphatic carboxylic acids is 1. The molecular formula is C14H27AuO2S. The van der Waals surface area contributed by atoms with Gasteiger partial charge >= 0.3 is 22.4 Å². The molecule has 0 amide bonds. The summed E-state index contributed by atoms with van der Waals surface area (Å²) in [7, 11) is 0. The normalized spacial score (nSPS) is 12.9. The van der Waals surface area contributed by atoms with E-state index >= 15 is 0 Å². The van der Waals surface area contributed by atoms with Gasteiger partial charge in [-0.2, -0.15) is 12.6 Å². The fourth-order valence-electron chi connectivity index (χ4n) is 1.99. The van der Waals surface area contributed by atoms with E-state index < -0.39 is 11.2 Å². The van der Waals surface area contributed by atoms with Crippen LogP contribution in [0.15, 0.2) is 0 Å². The Morgan fingerprint density at radius 2 is 1.56 bits per heavy atom. The first kappa shape index (κ1) is 20.9. The van der Waals surface area contributed by atoms with Crippen LogP contribution in [0.4, 0.5) is 0 Å². The van der Waals surface area contributed by atoms with Gasteiger partial charge in [-0.3, -0.25) is 0 Å². The van der Waals surface area contributed by atoms with E-state index in [0.717, 1.165) is 12.8 Å². The third-order valence-electron chi connectivity index (χ3n) is 3.39. The van der Waals surface area contributed by atoms with Crippen LogP contribution in [0.2, 0.25) is 0 Å². The smallest absolute Gasteiger partial charge is 0.549 e. The van der Waals surface area contributed by atoms with Crippen molar-refractivity contribution >= 4 is 18.6 Å². The van der Waals surface area contributed by atoms with Gasteiger partial charge in [0.15, 0.2) is 0 Å². The predicted molar refractivity (Wildman–Crippen MR) is 74.2 cm³/mol. The molecule has 0 aromatic carbocycles. The van der Waals surface area contributed by atoms with Crippen LogP contribution < -0.4 is 5.11 Å². The molecule has 0 aromatic rings. The molecule has 18 heavy (non-hydrogen) atoms. The molecule has 112 valence electrons. The molecule has 0 aromatic heterocycles. The third kappa shape index (κ3) is 9.49. The predicted octanol–water partition coefficient (Wildman–Crippen LogP) is 3.20. The fourth-order valence-corrected chi connectivity index (χ4v) is 2.12. The van der Waals surface area contributed by atoms with Crippen LogP contribution in [0.5, 0.6) is 0 Å². The van der Waals surface area contributed by atoms with Crippen molar-refractivity contribution < 1.29 is 32.3 Å². The number of hydrogen-bond acceptors (Lipinski definition) is 3. The van der Waals surface area contributed by atoms with Crippen LogP contribution in [0.25, 0.3) is 0 Å². The Kier molecular flexibility index (Phi) is 13.2. The maximum absolute atomic E-state index is 10.8. The summed E-state index contributed by atoms with van der Waals surface area (Å²) in [6.45, 7) is 6.13. The minimum Gasteiger partial charge on any atom is -0.549 e. The van der Waals surface area contributed by atoms with E-state index in [2.05, 4.69) is 19.6 Å². The molecule has 0 rings (SSSR count). The minimum atomic E-state index is -1.05. The summed E-state index contributed by atoms with van der Waals surface area (Å²) in [5, 5.41) is 10.1. The van der Waals surface area contributed by atoms with Gasteiger partial charge in [0.1, 0.15) is 0 Å². The molecular weight excluding hydrogens is 429 g/mol. The third-order valence-corrected chi connectivity index (χ3v) is 4.30. The van der Waals surface area contributed by atoms with Crippen molar-refractivity contribution in [1.82, 2.24) is 0 Å². The molecule has 0 spiro atoms. The monoisotopic (exact) mass is 456 g/mol. The van der Waals surface area contributed by atoms with E-state index in [1.54, 1.807) is 0 Å². The SMILES string of the molecule is CCCCCCCCCC(C)(C)C(S)C(=O)[O-].[Au+]. The first-order valence-electron chi connectivity index (χ1n) is 6.80. The van der Waals surface area contributed by atoms with Crippen LogP contribution in [0.1, 0.15) is 72.1 Å². The molecule has 4 heteroatoms. The van der Waals surface area contributed by atoms with Crippen molar-refractivity contribution in [2.75, 3.05) is 0 Å². The summed E-state index contributed by atoms with van der Waals surface area (Å²) in [6, 6.07) is 0. The van der Waals surface area contributed by atoms with Gasteiger partial charge in [-0.15, -0.1) is 0 Å². The van der Waals surface area contributed by atoms with E-state index in [9.17, 15) is 9.90 Å². The number of hydrogen-bond donors (Lipinski definition) is 1. The average molecular weight is 456 g/mol. The molecule has 0 saturated heterocycles. The second-order valence-electron chi connectivity index (χ2n) is 5.58. The van der Waals surface area contributed by atoms with E-state index in [0.29, 0.717) is 0 Å². The first-order valence-corrected chi connectivity index (χ1v) is 7.32. The number of carboxylic acid groups (broad SMARTS) is 1. The van der Waals surface area contributed by atoms with Gasteiger partial charge in [0, 0.05) is 5.25 Å². The second-order valence-corrected chi connectivity index (χ2v) is 6.10. The van der Waals surface area contributed by atoms with Crippen molar-refractivity contribution in [2.45, 2.75) is 77.4 Å². The van der Waals surface area contributed by atoms with Gasteiger partial charge in [-0.1, -0.05) is 65.7 Å². The molecule has 1 atom stereocenters. The second kappa shape index (κ2) is 11.4. The molecule has 0 heterocycles. The van der Waals surface area contributed by atoms with Crippen molar-refractivity contribution in [3.63, 3.8) is 0 Å². The maximum atomic E-state index is 10.8. The molecule has 0 radical (unpaired) electrons. The number of rotatable bonds is 10. The zero-order valence-corrected chi connectivity index (χ0v) is 14.9. The number of thiol groups is 1. The molecule has 0 saturated carbocycles. The van der Waals surface area contributed by atoms with Gasteiger partial charge in [0.2, 0.25) is 0 Å². The van der Waals surface area contributed by atoms with Crippen LogP contribution in [-0.2, 0) is 27.2 Å². The van der Waals surface area contributed by atoms with Gasteiger partial charge in [0.05, 0.1) is 5.97 Å². The summed E-state index contributed by atoms with van der Waals surface area (Å²) < 4.78 is 0. The molecule has 0 aliphatic carbocycles. The number of carbonyl (C=O) groups excluding carboxylic acids is 1. The quantitative estimate of drug-likeness (QED) is 0.312. The summed E-state index contributed by atoms with van der Waals surface area (Å²) in [5.41, 5.74) is -0.272. The average Bonchev–Trinajstić information content (AvgIpc) is 2.26. The van der Waals surface area contributed by atoms with E-state index in [4.69, 9.17) is 0 Å². The standard InChI is InChI=1S/C14H28O2S.Au/c1-4-5-6-7-8-9-10-11-14(2,3)12(17)13(15)16;/h12,17H,4-11H2,1-3H3,(H,15,16);/q;+1/p-1. The Morgan fingerprint density at radius 1 is 1.11 bits per heavy atom. The fraction of sp³-hybridized carbons (Fsp3) is 0.929. The van der Waals surface area contributed by atoms with Gasteiger partial charge in [-0.25, -0.2) is 0 Å². The molecule has 0 N–H and O–H groups in total. The Bertz CT molecular complexity index is 220. The van der Waals surface area contributed by atoms with Gasteiger partial charge in [-0.05, 0) is 11.8 Å². The van der Waals surface area contributed by atoms with Crippen LogP contribution in [0, 0.1) is 5.41 Å². The minimum absolute atomic E-state index is 0. The number of carbonyl (C=O) groups is 1. The van der Waals surface area contributed by atoms with E-state index in [1.165, 1.54) is 38.5 Å². The Morgan fingerprint density at radius 3 is 2.00 bits per heavy atom. The van der Waals surface area contributed by atoms with Gasteiger partial charge < -0.3 is 9.90 Å². The summed E-state index contributed by atoms with van der Waals surface area (Å²) >= 11 is 4.11. The largest absolute Gasteiger partial charge is 1.00 e. The summed E-state index contributed by atoms with van der Waals surface area (Å²) in [4.78, 5) is 10.8. The van der Waals surface area contributed by atoms with Crippen LogP contribution in [-0.4, -0.2) is 11.2 Å². The van der Waals surface area contributed by atoms with Crippen molar-refractivity contribution in [2.24, 2.45) is 5.41 Å². The molecule has 0 fully saturated rings. The molecule has 0 aliphatic heterocycles. The summed E-state index contributed by atoms with van der Waals surface area (Å²) in [5.74, 6) is -1.05. The molecule has 0 bridgehead atoms. The first-order chi connectivity index (χ1) is 7.91. The van der Waals surface area contributed by atoms with Crippen LogP contribution in [0.3, 0.4) is 0 Å². The molecule has 0 aliphatic rings. The van der Waals surface area contributed by atoms with Crippen molar-refractivity contribution in [3.05, 3.63) is 0 Å². The Labute approximate surface area is 133 Å². The zero-order valence-electron chi connectivity index (χ0n) is 11.8. The number of unbranched alkanes of at least 4 members (excludes halogenated alkanes) is 6. The molecule has 2 nitrogen and oxygen atoms in total. The van der Waals surface area contributed by atoms with Crippen molar-refractivity contribution in [1.29, 1.82) is 0 Å². The van der Waals surface area contributed by atoms with E-state index in [-0.39, 0.29) is 27.8 Å².